The van der Waals surface area contributed by atoms with E-state index in [1.54, 1.807) is 13.3 Å². The van der Waals surface area contributed by atoms with Gasteiger partial charge in [0.05, 0.1) is 33.1 Å². The van der Waals surface area contributed by atoms with Gasteiger partial charge in [0.15, 0.2) is 5.82 Å². The fourth-order valence-electron chi connectivity index (χ4n) is 3.84. The van der Waals surface area contributed by atoms with Crippen LogP contribution >= 0.6 is 0 Å². The van der Waals surface area contributed by atoms with Gasteiger partial charge in [-0.2, -0.15) is 10.1 Å². The number of hydrogen-bond donors (Lipinski definition) is 2. The van der Waals surface area contributed by atoms with Crippen LogP contribution in [0.5, 0.6) is 5.75 Å². The molecule has 4 rings (SSSR count). The Morgan fingerprint density at radius 3 is 2.81 bits per heavy atom. The van der Waals surface area contributed by atoms with Crippen LogP contribution in [0.25, 0.3) is 11.0 Å². The van der Waals surface area contributed by atoms with Crippen LogP contribution in [0.15, 0.2) is 24.4 Å². The van der Waals surface area contributed by atoms with Crippen molar-refractivity contribution in [2.75, 3.05) is 51.0 Å². The van der Waals surface area contributed by atoms with Gasteiger partial charge in [-0.1, -0.05) is 25.5 Å². The van der Waals surface area contributed by atoms with Crippen LogP contribution in [-0.4, -0.2) is 64.6 Å². The Morgan fingerprint density at radius 2 is 2.03 bits per heavy atom. The van der Waals surface area contributed by atoms with E-state index in [0.29, 0.717) is 6.54 Å². The standard InChI is InChI=1S/C22H31N7O2/c1-3-4-7-24-21-20-18(26-22(23)27-21)13-25-29(20)15-17-6-5-16(12-19(17)30-2)14-28-8-10-31-11-9-28/h5-6,12-13H,3-4,7-11,14-15H2,1-2H3,(H3,23,24,26,27). The zero-order chi connectivity index (χ0) is 21.6. The van der Waals surface area contributed by atoms with Crippen LogP contribution in [-0.2, 0) is 17.8 Å². The van der Waals surface area contributed by atoms with E-state index in [9.17, 15) is 0 Å². The molecule has 1 aliphatic heterocycles. The Morgan fingerprint density at radius 1 is 1.19 bits per heavy atom. The highest BCUT2D eigenvalue weighted by molar-refractivity contribution is 5.86. The SMILES string of the molecule is CCCCNc1nc(N)nc2cnn(Cc3ccc(CN4CCOCC4)cc3OC)c12. The third-order valence-corrected chi connectivity index (χ3v) is 5.51. The molecule has 0 radical (unpaired) electrons. The molecule has 9 nitrogen and oxygen atoms in total. The summed E-state index contributed by atoms with van der Waals surface area (Å²) in [6.45, 7) is 7.94. The molecule has 3 heterocycles. The second-order valence-electron chi connectivity index (χ2n) is 7.78. The Hall–Kier alpha value is -2.91. The van der Waals surface area contributed by atoms with Gasteiger partial charge < -0.3 is 20.5 Å². The molecule has 0 aliphatic carbocycles. The van der Waals surface area contributed by atoms with Gasteiger partial charge in [-0.3, -0.25) is 9.58 Å². The van der Waals surface area contributed by atoms with Crippen molar-refractivity contribution in [1.82, 2.24) is 24.6 Å². The van der Waals surface area contributed by atoms with Crippen molar-refractivity contribution in [2.45, 2.75) is 32.9 Å². The molecule has 166 valence electrons. The van der Waals surface area contributed by atoms with Crippen LogP contribution < -0.4 is 15.8 Å². The molecule has 9 heteroatoms. The maximum atomic E-state index is 5.90. The minimum atomic E-state index is 0.246. The number of nitrogen functional groups attached to an aromatic ring is 1. The molecule has 0 spiro atoms. The summed E-state index contributed by atoms with van der Waals surface area (Å²) in [5.74, 6) is 1.82. The Balaban J connectivity index is 1.58. The maximum absolute atomic E-state index is 5.90. The molecule has 1 fully saturated rings. The number of benzene rings is 1. The lowest BCUT2D eigenvalue weighted by atomic mass is 10.1. The normalized spacial score (nSPS) is 14.8. The largest absolute Gasteiger partial charge is 0.496 e. The van der Waals surface area contributed by atoms with E-state index in [1.807, 2.05) is 4.68 Å². The second-order valence-corrected chi connectivity index (χ2v) is 7.78. The third kappa shape index (κ3) is 5.05. The van der Waals surface area contributed by atoms with Gasteiger partial charge in [-0.05, 0) is 18.1 Å². The van der Waals surface area contributed by atoms with Crippen molar-refractivity contribution in [1.29, 1.82) is 0 Å². The topological polar surface area (TPSA) is 103 Å². The lowest BCUT2D eigenvalue weighted by Gasteiger charge is -2.26. The highest BCUT2D eigenvalue weighted by atomic mass is 16.5. The first-order valence-electron chi connectivity index (χ1n) is 10.9. The summed E-state index contributed by atoms with van der Waals surface area (Å²) >= 11 is 0. The zero-order valence-corrected chi connectivity index (χ0v) is 18.3. The molecule has 1 aliphatic rings. The van der Waals surface area contributed by atoms with Crippen LogP contribution in [0.2, 0.25) is 0 Å². The van der Waals surface area contributed by atoms with Crippen molar-refractivity contribution in [2.24, 2.45) is 0 Å². The highest BCUT2D eigenvalue weighted by Crippen LogP contribution is 2.26. The molecule has 0 saturated carbocycles. The molecule has 0 amide bonds. The first-order chi connectivity index (χ1) is 15.2. The maximum Gasteiger partial charge on any atom is 0.222 e. The van der Waals surface area contributed by atoms with Gasteiger partial charge in [0.25, 0.3) is 0 Å². The summed E-state index contributed by atoms with van der Waals surface area (Å²) in [6, 6.07) is 6.39. The predicted octanol–water partition coefficient (Wildman–Crippen LogP) is 2.51. The van der Waals surface area contributed by atoms with Crippen molar-refractivity contribution in [3.63, 3.8) is 0 Å². The average molecular weight is 426 g/mol. The van der Waals surface area contributed by atoms with E-state index in [0.717, 1.165) is 80.4 Å². The van der Waals surface area contributed by atoms with E-state index in [-0.39, 0.29) is 5.95 Å². The summed E-state index contributed by atoms with van der Waals surface area (Å²) in [7, 11) is 1.71. The van der Waals surface area contributed by atoms with Crippen molar-refractivity contribution in [3.8, 4) is 5.75 Å². The number of nitrogens with zero attached hydrogens (tertiary/aromatic N) is 5. The second kappa shape index (κ2) is 9.93. The summed E-state index contributed by atoms with van der Waals surface area (Å²) in [4.78, 5) is 11.2. The first kappa shape index (κ1) is 21.3. The molecule has 1 saturated heterocycles. The van der Waals surface area contributed by atoms with Crippen LogP contribution in [0.3, 0.4) is 0 Å². The lowest BCUT2D eigenvalue weighted by Crippen LogP contribution is -2.35. The number of methoxy groups -OCH3 is 1. The molecule has 0 atom stereocenters. The van der Waals surface area contributed by atoms with E-state index in [2.05, 4.69) is 50.4 Å². The number of anilines is 2. The molecule has 3 N–H and O–H groups in total. The number of nitrogens with two attached hydrogens (primary N) is 1. The molecule has 0 bridgehead atoms. The van der Waals surface area contributed by atoms with Gasteiger partial charge >= 0.3 is 0 Å². The fraction of sp³-hybridized carbons (Fsp3) is 0.500. The van der Waals surface area contributed by atoms with Crippen molar-refractivity contribution in [3.05, 3.63) is 35.5 Å². The molecular weight excluding hydrogens is 394 g/mol. The van der Waals surface area contributed by atoms with Gasteiger partial charge in [0, 0.05) is 31.7 Å². The molecule has 0 unspecified atom stereocenters. The molecular formula is C22H31N7O2. The predicted molar refractivity (Wildman–Crippen MR) is 121 cm³/mol. The van der Waals surface area contributed by atoms with Crippen molar-refractivity contribution >= 4 is 22.8 Å². The monoisotopic (exact) mass is 425 g/mol. The third-order valence-electron chi connectivity index (χ3n) is 5.51. The van der Waals surface area contributed by atoms with Gasteiger partial charge in [-0.25, -0.2) is 4.98 Å². The van der Waals surface area contributed by atoms with Crippen LogP contribution in [0.1, 0.15) is 30.9 Å². The molecule has 31 heavy (non-hydrogen) atoms. The van der Waals surface area contributed by atoms with Gasteiger partial charge in [0.2, 0.25) is 5.95 Å². The summed E-state index contributed by atoms with van der Waals surface area (Å²) in [5, 5.41) is 7.94. The highest BCUT2D eigenvalue weighted by Gasteiger charge is 2.16. The van der Waals surface area contributed by atoms with Crippen molar-refractivity contribution < 1.29 is 9.47 Å². The summed E-state index contributed by atoms with van der Waals surface area (Å²) < 4.78 is 13.1. The molecule has 2 aromatic heterocycles. The van der Waals surface area contributed by atoms with E-state index >= 15 is 0 Å². The number of fused-ring (bicyclic) bond motifs is 1. The average Bonchev–Trinajstić information content (AvgIpc) is 3.18. The molecule has 3 aromatic rings. The number of morpholine rings is 1. The summed E-state index contributed by atoms with van der Waals surface area (Å²) in [5.41, 5.74) is 9.76. The van der Waals surface area contributed by atoms with E-state index in [4.69, 9.17) is 15.2 Å². The fourth-order valence-corrected chi connectivity index (χ4v) is 3.84. The Labute approximate surface area is 182 Å². The quantitative estimate of drug-likeness (QED) is 0.504. The number of hydrogen-bond acceptors (Lipinski definition) is 8. The summed E-state index contributed by atoms with van der Waals surface area (Å²) in [6.07, 6.45) is 3.89. The Kier molecular flexibility index (Phi) is 6.83. The minimum Gasteiger partial charge on any atom is -0.496 e. The number of nitrogens with one attached hydrogen (secondary N) is 1. The first-order valence-corrected chi connectivity index (χ1v) is 10.9. The smallest absolute Gasteiger partial charge is 0.222 e. The Bertz CT molecular complexity index is 1010. The van der Waals surface area contributed by atoms with Gasteiger partial charge in [0.1, 0.15) is 16.8 Å². The van der Waals surface area contributed by atoms with Gasteiger partial charge in [-0.15, -0.1) is 0 Å². The molecule has 1 aromatic carbocycles. The number of aromatic nitrogens is 4. The van der Waals surface area contributed by atoms with E-state index < -0.39 is 0 Å². The lowest BCUT2D eigenvalue weighted by molar-refractivity contribution is 0.0341. The minimum absolute atomic E-state index is 0.246. The zero-order valence-electron chi connectivity index (χ0n) is 18.3. The number of unbranched alkanes of at least 4 members (excludes halogenated alkanes) is 1. The van der Waals surface area contributed by atoms with E-state index in [1.165, 1.54) is 5.56 Å². The number of ether oxygens (including phenoxy) is 2. The van der Waals surface area contributed by atoms with Crippen LogP contribution in [0.4, 0.5) is 11.8 Å². The number of rotatable bonds is 9. The van der Waals surface area contributed by atoms with Crippen LogP contribution in [0, 0.1) is 0 Å².